The minimum atomic E-state index is -0.659. The summed E-state index contributed by atoms with van der Waals surface area (Å²) in [5.74, 6) is 1.11. The average Bonchev–Trinajstić information content (AvgIpc) is 3.67. The van der Waals surface area contributed by atoms with E-state index < -0.39 is 11.4 Å². The fourth-order valence-corrected chi connectivity index (χ4v) is 4.49. The second kappa shape index (κ2) is 8.60. The van der Waals surface area contributed by atoms with Crippen LogP contribution in [0.1, 0.15) is 44.2 Å². The summed E-state index contributed by atoms with van der Waals surface area (Å²) in [5.41, 5.74) is 1.40. The van der Waals surface area contributed by atoms with Crippen molar-refractivity contribution in [3.05, 3.63) is 74.8 Å². The molecule has 3 heterocycles. The van der Waals surface area contributed by atoms with Gasteiger partial charge in [-0.15, -0.1) is 0 Å². The first-order chi connectivity index (χ1) is 16.0. The molecule has 6 nitrogen and oxygen atoms in total. The zero-order valence-electron chi connectivity index (χ0n) is 18.3. The third-order valence-corrected chi connectivity index (χ3v) is 6.78. The van der Waals surface area contributed by atoms with Crippen LogP contribution >= 0.6 is 11.6 Å². The quantitative estimate of drug-likeness (QED) is 0.462. The summed E-state index contributed by atoms with van der Waals surface area (Å²) in [6, 6.07) is 8.00. The Labute approximate surface area is 196 Å². The van der Waals surface area contributed by atoms with Gasteiger partial charge in [-0.2, -0.15) is 0 Å². The van der Waals surface area contributed by atoms with Gasteiger partial charge in [0.05, 0.1) is 18.5 Å². The number of pyridine rings is 1. The highest BCUT2D eigenvalue weighted by Crippen LogP contribution is 2.39. The molecule has 8 heteroatoms. The third-order valence-electron chi connectivity index (χ3n) is 6.44. The van der Waals surface area contributed by atoms with Gasteiger partial charge in [-0.05, 0) is 49.8 Å². The molecule has 0 unspecified atom stereocenters. The topological polar surface area (TPSA) is 55.4 Å². The Kier molecular flexibility index (Phi) is 5.63. The molecule has 0 atom stereocenters. The van der Waals surface area contributed by atoms with E-state index in [2.05, 4.69) is 16.8 Å². The van der Waals surface area contributed by atoms with Gasteiger partial charge >= 0.3 is 0 Å². The largest absolute Gasteiger partial charge is 0.355 e. The maximum Gasteiger partial charge on any atom is 0.279 e. The lowest BCUT2D eigenvalue weighted by molar-refractivity contribution is 0.436. The van der Waals surface area contributed by atoms with Crippen molar-refractivity contribution < 1.29 is 4.39 Å². The Balaban J connectivity index is 1.68. The first-order valence-corrected chi connectivity index (χ1v) is 11.5. The van der Waals surface area contributed by atoms with Gasteiger partial charge in [0.2, 0.25) is 5.69 Å². The van der Waals surface area contributed by atoms with Crippen molar-refractivity contribution in [2.45, 2.75) is 38.5 Å². The van der Waals surface area contributed by atoms with Crippen LogP contribution in [0, 0.1) is 18.3 Å². The average molecular weight is 464 g/mol. The van der Waals surface area contributed by atoms with Crippen LogP contribution in [0.5, 0.6) is 0 Å². The molecule has 1 saturated heterocycles. The number of aromatic nitrogens is 3. The van der Waals surface area contributed by atoms with Crippen molar-refractivity contribution in [1.82, 2.24) is 14.5 Å². The lowest BCUT2D eigenvalue weighted by Crippen LogP contribution is -2.36. The number of anilines is 1. The van der Waals surface area contributed by atoms with Gasteiger partial charge in [0.1, 0.15) is 16.7 Å². The second-order valence-electron chi connectivity index (χ2n) is 8.88. The molecule has 1 aliphatic heterocycles. The molecule has 2 fully saturated rings. The summed E-state index contributed by atoms with van der Waals surface area (Å²) in [6.45, 7) is 10.8. The van der Waals surface area contributed by atoms with Gasteiger partial charge in [-0.25, -0.2) is 14.2 Å². The van der Waals surface area contributed by atoms with Crippen molar-refractivity contribution in [2.75, 3.05) is 18.0 Å². The molecule has 2 aliphatic rings. The van der Waals surface area contributed by atoms with Gasteiger partial charge in [0.25, 0.3) is 5.56 Å². The Morgan fingerprint density at radius 3 is 2.52 bits per heavy atom. The Morgan fingerprint density at radius 2 is 1.91 bits per heavy atom. The molecule has 5 rings (SSSR count). The maximum atomic E-state index is 14.5. The molecule has 0 N–H and O–H groups in total. The van der Waals surface area contributed by atoms with Crippen molar-refractivity contribution >= 4 is 23.1 Å². The third kappa shape index (κ3) is 4.11. The van der Waals surface area contributed by atoms with Crippen LogP contribution in [-0.2, 0) is 0 Å². The Hall–Kier alpha value is -3.24. The number of piperidine rings is 1. The van der Waals surface area contributed by atoms with Gasteiger partial charge in [-0.3, -0.25) is 14.3 Å². The molecular formula is C25H23ClFN5O. The molecule has 33 heavy (non-hydrogen) atoms. The molecule has 1 aromatic carbocycles. The van der Waals surface area contributed by atoms with Crippen LogP contribution in [0.25, 0.3) is 21.9 Å². The van der Waals surface area contributed by atoms with E-state index in [0.29, 0.717) is 28.9 Å². The van der Waals surface area contributed by atoms with E-state index in [0.717, 1.165) is 44.5 Å². The Bertz CT molecular complexity index is 1300. The number of hydrogen-bond donors (Lipinski definition) is 0. The summed E-state index contributed by atoms with van der Waals surface area (Å²) in [6.07, 6.45) is 5.86. The van der Waals surface area contributed by atoms with Gasteiger partial charge in [0, 0.05) is 30.3 Å². The summed E-state index contributed by atoms with van der Waals surface area (Å²) in [5, 5.41) is 0.0397. The van der Waals surface area contributed by atoms with Crippen LogP contribution < -0.4 is 10.5 Å². The molecule has 2 aromatic heterocycles. The zero-order chi connectivity index (χ0) is 23.1. The highest BCUT2D eigenvalue weighted by atomic mass is 35.5. The lowest BCUT2D eigenvalue weighted by atomic mass is 9.99. The van der Waals surface area contributed by atoms with Gasteiger partial charge < -0.3 is 4.90 Å². The molecule has 1 saturated carbocycles. The smallest absolute Gasteiger partial charge is 0.279 e. The van der Waals surface area contributed by atoms with E-state index in [1.54, 1.807) is 12.3 Å². The minimum Gasteiger partial charge on any atom is -0.355 e. The molecule has 1 aliphatic carbocycles. The first kappa shape index (κ1) is 21.6. The van der Waals surface area contributed by atoms with Gasteiger partial charge in [-0.1, -0.05) is 30.7 Å². The van der Waals surface area contributed by atoms with Crippen molar-refractivity contribution in [1.29, 1.82) is 0 Å². The monoisotopic (exact) mass is 463 g/mol. The van der Waals surface area contributed by atoms with E-state index in [1.807, 2.05) is 17.0 Å². The fourth-order valence-electron chi connectivity index (χ4n) is 4.24. The summed E-state index contributed by atoms with van der Waals surface area (Å²) in [4.78, 5) is 28.1. The predicted molar refractivity (Wildman–Crippen MR) is 127 cm³/mol. The highest BCUT2D eigenvalue weighted by Gasteiger charge is 2.27. The van der Waals surface area contributed by atoms with E-state index in [-0.39, 0.29) is 16.5 Å². The Morgan fingerprint density at radius 1 is 1.15 bits per heavy atom. The molecule has 0 radical (unpaired) electrons. The van der Waals surface area contributed by atoms with Crippen molar-refractivity contribution in [3.63, 3.8) is 0 Å². The number of benzene rings is 1. The van der Waals surface area contributed by atoms with E-state index in [9.17, 15) is 9.18 Å². The molecule has 0 amide bonds. The van der Waals surface area contributed by atoms with Crippen molar-refractivity contribution in [3.8, 4) is 17.1 Å². The zero-order valence-corrected chi connectivity index (χ0v) is 19.0. The number of hydrogen-bond acceptors (Lipinski definition) is 4. The number of nitrogens with zero attached hydrogens (tertiary/aromatic N) is 5. The van der Waals surface area contributed by atoms with E-state index >= 15 is 0 Å². The van der Waals surface area contributed by atoms with E-state index in [4.69, 9.17) is 23.2 Å². The summed E-state index contributed by atoms with van der Waals surface area (Å²) < 4.78 is 15.9. The van der Waals surface area contributed by atoms with Crippen molar-refractivity contribution in [2.24, 2.45) is 5.92 Å². The number of rotatable bonds is 4. The second-order valence-corrected chi connectivity index (χ2v) is 9.25. The van der Waals surface area contributed by atoms with Crippen LogP contribution in [0.3, 0.4) is 0 Å². The van der Waals surface area contributed by atoms with Crippen LogP contribution in [0.4, 0.5) is 15.9 Å². The summed E-state index contributed by atoms with van der Waals surface area (Å²) >= 11 is 6.58. The SMILES string of the molecule is [C-]#[N+]c1ccc(-c2nc(N3CCC(C)CC3)c(Cl)c(=O)n2-c2ccc(C3CC3)nc2)cc1F. The van der Waals surface area contributed by atoms with Gasteiger partial charge in [0.15, 0.2) is 5.82 Å². The van der Waals surface area contributed by atoms with Crippen LogP contribution in [-0.4, -0.2) is 27.6 Å². The van der Waals surface area contributed by atoms with E-state index in [1.165, 1.54) is 16.7 Å². The lowest BCUT2D eigenvalue weighted by Gasteiger charge is -2.32. The van der Waals surface area contributed by atoms with Crippen LogP contribution in [0.2, 0.25) is 5.02 Å². The summed E-state index contributed by atoms with van der Waals surface area (Å²) in [7, 11) is 0. The minimum absolute atomic E-state index is 0.0397. The highest BCUT2D eigenvalue weighted by molar-refractivity contribution is 6.32. The predicted octanol–water partition coefficient (Wildman–Crippen LogP) is 5.75. The molecule has 168 valence electrons. The fraction of sp³-hybridized carbons (Fsp3) is 0.360. The number of halogens is 2. The molecular weight excluding hydrogens is 441 g/mol. The molecule has 0 bridgehead atoms. The normalized spacial score (nSPS) is 16.6. The maximum absolute atomic E-state index is 14.5. The first-order valence-electron chi connectivity index (χ1n) is 11.2. The standard InChI is InChI=1S/C25H23ClFN5O/c1-15-9-11-31(12-10-15)24-22(26)25(33)32(18-6-8-20(29-14-18)16-3-4-16)23(30-24)17-5-7-21(28-2)19(27)13-17/h5-8,13-16H,3-4,9-12H2,1H3. The van der Waals surface area contributed by atoms with Crippen LogP contribution in [0.15, 0.2) is 41.3 Å². The molecule has 0 spiro atoms. The molecule has 3 aromatic rings.